The predicted octanol–water partition coefficient (Wildman–Crippen LogP) is 4.09. The second-order valence-electron chi connectivity index (χ2n) is 5.96. The molecule has 1 heterocycles. The Kier molecular flexibility index (Phi) is 4.66. The highest BCUT2D eigenvalue weighted by atomic mass is 79.9. The summed E-state index contributed by atoms with van der Waals surface area (Å²) in [5.74, 6) is 0. The first-order valence-corrected chi connectivity index (χ1v) is 7.77. The van der Waals surface area contributed by atoms with Crippen molar-refractivity contribution in [2.45, 2.75) is 46.2 Å². The van der Waals surface area contributed by atoms with Gasteiger partial charge in [0.25, 0.3) is 0 Å². The van der Waals surface area contributed by atoms with Crippen LogP contribution in [-0.2, 0) is 13.0 Å². The molecule has 0 radical (unpaired) electrons. The van der Waals surface area contributed by atoms with Gasteiger partial charge in [0.1, 0.15) is 0 Å². The molecule has 1 N–H and O–H groups in total. The summed E-state index contributed by atoms with van der Waals surface area (Å²) in [5.41, 5.74) is 3.76. The molecular weight excluding hydrogens is 314 g/mol. The Bertz CT molecular complexity index is 564. The number of nitrogens with one attached hydrogen (secondary N) is 1. The lowest BCUT2D eigenvalue weighted by Gasteiger charge is -2.20. The Morgan fingerprint density at radius 3 is 2.40 bits per heavy atom. The summed E-state index contributed by atoms with van der Waals surface area (Å²) in [7, 11) is 0. The van der Waals surface area contributed by atoms with E-state index in [-0.39, 0.29) is 5.54 Å². The maximum Gasteiger partial charge on any atom is 0.0649 e. The second-order valence-corrected chi connectivity index (χ2v) is 6.88. The lowest BCUT2D eigenvalue weighted by atomic mass is 10.1. The van der Waals surface area contributed by atoms with Crippen molar-refractivity contribution >= 4 is 15.9 Å². The molecule has 0 aliphatic heterocycles. The molecule has 3 nitrogen and oxygen atoms in total. The van der Waals surface area contributed by atoms with Crippen LogP contribution < -0.4 is 5.32 Å². The molecule has 0 aliphatic carbocycles. The summed E-state index contributed by atoms with van der Waals surface area (Å²) < 4.78 is 3.12. The number of rotatable bonds is 4. The molecule has 0 aliphatic rings. The van der Waals surface area contributed by atoms with Gasteiger partial charge in [0.05, 0.1) is 11.9 Å². The number of aromatic nitrogens is 2. The Morgan fingerprint density at radius 1 is 1.20 bits per heavy atom. The highest BCUT2D eigenvalue weighted by Crippen LogP contribution is 2.18. The van der Waals surface area contributed by atoms with Crippen molar-refractivity contribution in [3.63, 3.8) is 0 Å². The molecule has 4 heteroatoms. The maximum atomic E-state index is 4.55. The molecule has 0 bridgehead atoms. The van der Waals surface area contributed by atoms with Crippen LogP contribution in [0, 0.1) is 0 Å². The molecule has 20 heavy (non-hydrogen) atoms. The maximum absolute atomic E-state index is 4.55. The average molecular weight is 336 g/mol. The van der Waals surface area contributed by atoms with Gasteiger partial charge in [0.2, 0.25) is 0 Å². The quantitative estimate of drug-likeness (QED) is 0.912. The first-order chi connectivity index (χ1) is 9.40. The normalized spacial score (nSPS) is 11.8. The molecule has 0 atom stereocenters. The van der Waals surface area contributed by atoms with Crippen LogP contribution in [0.4, 0.5) is 0 Å². The van der Waals surface area contributed by atoms with Crippen LogP contribution in [-0.4, -0.2) is 15.3 Å². The van der Waals surface area contributed by atoms with Crippen molar-refractivity contribution in [1.29, 1.82) is 0 Å². The van der Waals surface area contributed by atoms with E-state index in [2.05, 4.69) is 66.2 Å². The third-order valence-electron chi connectivity index (χ3n) is 3.17. The van der Waals surface area contributed by atoms with E-state index in [0.29, 0.717) is 0 Å². The van der Waals surface area contributed by atoms with Crippen molar-refractivity contribution in [2.24, 2.45) is 0 Å². The molecule has 0 spiro atoms. The van der Waals surface area contributed by atoms with Crippen LogP contribution in [0.25, 0.3) is 5.69 Å². The molecule has 1 aromatic heterocycles. The van der Waals surface area contributed by atoms with Gasteiger partial charge in [0.15, 0.2) is 0 Å². The number of nitrogens with zero attached hydrogens (tertiary/aromatic N) is 2. The zero-order chi connectivity index (χ0) is 14.8. The van der Waals surface area contributed by atoms with Crippen LogP contribution >= 0.6 is 15.9 Å². The molecular formula is C16H22BrN3. The fourth-order valence-corrected chi connectivity index (χ4v) is 2.36. The van der Waals surface area contributed by atoms with Gasteiger partial charge in [-0.15, -0.1) is 0 Å². The van der Waals surface area contributed by atoms with Gasteiger partial charge in [0, 0.05) is 27.8 Å². The van der Waals surface area contributed by atoms with Crippen molar-refractivity contribution in [1.82, 2.24) is 15.1 Å². The van der Waals surface area contributed by atoms with E-state index in [9.17, 15) is 0 Å². The van der Waals surface area contributed by atoms with Crippen molar-refractivity contribution in [3.05, 3.63) is 46.2 Å². The first-order valence-electron chi connectivity index (χ1n) is 6.97. The molecule has 0 unspecified atom stereocenters. The zero-order valence-electron chi connectivity index (χ0n) is 12.6. The summed E-state index contributed by atoms with van der Waals surface area (Å²) in [6, 6.07) is 8.25. The van der Waals surface area contributed by atoms with Gasteiger partial charge in [-0.1, -0.05) is 22.9 Å². The Balaban J connectivity index is 2.27. The smallest absolute Gasteiger partial charge is 0.0649 e. The van der Waals surface area contributed by atoms with Gasteiger partial charge in [-0.25, -0.2) is 4.68 Å². The lowest BCUT2D eigenvalue weighted by molar-refractivity contribution is 0.423. The number of halogens is 1. The summed E-state index contributed by atoms with van der Waals surface area (Å²) in [5, 5.41) is 8.07. The molecule has 0 saturated heterocycles. The molecule has 0 amide bonds. The molecule has 0 saturated carbocycles. The summed E-state index contributed by atoms with van der Waals surface area (Å²) in [6.07, 6.45) is 2.94. The summed E-state index contributed by atoms with van der Waals surface area (Å²) >= 11 is 3.47. The van der Waals surface area contributed by atoms with E-state index in [0.717, 1.165) is 23.1 Å². The Morgan fingerprint density at radius 2 is 1.85 bits per heavy atom. The molecule has 2 rings (SSSR count). The second kappa shape index (κ2) is 6.10. The fraction of sp³-hybridized carbons (Fsp3) is 0.438. The third-order valence-corrected chi connectivity index (χ3v) is 3.70. The van der Waals surface area contributed by atoms with Crippen LogP contribution in [0.2, 0.25) is 0 Å². The molecule has 108 valence electrons. The van der Waals surface area contributed by atoms with E-state index in [4.69, 9.17) is 0 Å². The fourth-order valence-electron chi connectivity index (χ4n) is 2.10. The SMILES string of the molecule is CCc1c(CNC(C)(C)C)cnn1-c1ccc(Br)cc1. The van der Waals surface area contributed by atoms with E-state index in [1.54, 1.807) is 0 Å². The summed E-state index contributed by atoms with van der Waals surface area (Å²) in [6.45, 7) is 9.56. The topological polar surface area (TPSA) is 29.9 Å². The van der Waals surface area contributed by atoms with Gasteiger partial charge < -0.3 is 5.32 Å². The zero-order valence-corrected chi connectivity index (χ0v) is 14.2. The number of hydrogen-bond acceptors (Lipinski definition) is 2. The largest absolute Gasteiger partial charge is 0.308 e. The minimum absolute atomic E-state index is 0.116. The number of hydrogen-bond donors (Lipinski definition) is 1. The minimum Gasteiger partial charge on any atom is -0.308 e. The van der Waals surface area contributed by atoms with Crippen molar-refractivity contribution in [2.75, 3.05) is 0 Å². The van der Waals surface area contributed by atoms with Crippen LogP contribution in [0.1, 0.15) is 39.0 Å². The average Bonchev–Trinajstić information content (AvgIpc) is 2.79. The minimum atomic E-state index is 0.116. The monoisotopic (exact) mass is 335 g/mol. The third kappa shape index (κ3) is 3.70. The highest BCUT2D eigenvalue weighted by molar-refractivity contribution is 9.10. The van der Waals surface area contributed by atoms with Crippen LogP contribution in [0.5, 0.6) is 0 Å². The Hall–Kier alpha value is -1.13. The standard InChI is InChI=1S/C16H22BrN3/c1-5-15-12(10-18-16(2,3)4)11-19-20(15)14-8-6-13(17)7-9-14/h6-9,11,18H,5,10H2,1-4H3. The van der Waals surface area contributed by atoms with E-state index < -0.39 is 0 Å². The van der Waals surface area contributed by atoms with Crippen molar-refractivity contribution in [3.8, 4) is 5.69 Å². The lowest BCUT2D eigenvalue weighted by Crippen LogP contribution is -2.35. The molecule has 0 fully saturated rings. The first kappa shape index (κ1) is 15.3. The number of benzene rings is 1. The van der Waals surface area contributed by atoms with E-state index in [1.165, 1.54) is 11.3 Å². The Labute approximate surface area is 129 Å². The van der Waals surface area contributed by atoms with Gasteiger partial charge in [-0.3, -0.25) is 0 Å². The van der Waals surface area contributed by atoms with E-state index >= 15 is 0 Å². The van der Waals surface area contributed by atoms with Gasteiger partial charge in [-0.2, -0.15) is 5.10 Å². The molecule has 1 aromatic carbocycles. The van der Waals surface area contributed by atoms with E-state index in [1.807, 2.05) is 23.0 Å². The summed E-state index contributed by atoms with van der Waals surface area (Å²) in [4.78, 5) is 0. The van der Waals surface area contributed by atoms with Crippen LogP contribution in [0.15, 0.2) is 34.9 Å². The highest BCUT2D eigenvalue weighted by Gasteiger charge is 2.14. The molecule has 2 aromatic rings. The van der Waals surface area contributed by atoms with Crippen LogP contribution in [0.3, 0.4) is 0 Å². The van der Waals surface area contributed by atoms with Crippen molar-refractivity contribution < 1.29 is 0 Å². The van der Waals surface area contributed by atoms with Gasteiger partial charge >= 0.3 is 0 Å². The predicted molar refractivity (Wildman–Crippen MR) is 87.2 cm³/mol. The van der Waals surface area contributed by atoms with Gasteiger partial charge in [-0.05, 0) is 51.5 Å².